The van der Waals surface area contributed by atoms with E-state index in [4.69, 9.17) is 9.97 Å². The van der Waals surface area contributed by atoms with E-state index in [-0.39, 0.29) is 23.3 Å². The Morgan fingerprint density at radius 1 is 1.05 bits per heavy atom. The second kappa shape index (κ2) is 11.1. The average Bonchev–Trinajstić information content (AvgIpc) is 2.96. The van der Waals surface area contributed by atoms with Crippen LogP contribution in [0.3, 0.4) is 0 Å². The SMILES string of the molecule is Cc1ccc(C#N)c(N2CCN(c3nc4c([C@@H](C)Nc5ccccc5C(=O)O)cc(C)cc4nc3C#N)C(C)C2)c1. The molecule has 0 spiro atoms. The van der Waals surface area contributed by atoms with E-state index in [1.54, 1.807) is 24.3 Å². The zero-order valence-corrected chi connectivity index (χ0v) is 23.5. The molecule has 1 aromatic heterocycles. The Morgan fingerprint density at radius 2 is 1.83 bits per heavy atom. The predicted octanol–water partition coefficient (Wildman–Crippen LogP) is 5.58. The quantitative estimate of drug-likeness (QED) is 0.319. The molecule has 206 valence electrons. The van der Waals surface area contributed by atoms with Crippen molar-refractivity contribution < 1.29 is 9.90 Å². The van der Waals surface area contributed by atoms with Crippen molar-refractivity contribution in [1.29, 1.82) is 10.5 Å². The molecule has 0 radical (unpaired) electrons. The minimum absolute atomic E-state index is 0.00143. The molecule has 0 bridgehead atoms. The van der Waals surface area contributed by atoms with Crippen LogP contribution in [0.2, 0.25) is 0 Å². The van der Waals surface area contributed by atoms with E-state index >= 15 is 0 Å². The van der Waals surface area contributed by atoms with Gasteiger partial charge in [0.05, 0.1) is 33.9 Å². The van der Waals surface area contributed by atoms with Crippen molar-refractivity contribution in [2.24, 2.45) is 0 Å². The van der Waals surface area contributed by atoms with E-state index in [0.717, 1.165) is 22.4 Å². The first kappa shape index (κ1) is 27.4. The number of carbonyl (C=O) groups is 1. The zero-order valence-electron chi connectivity index (χ0n) is 23.5. The lowest BCUT2D eigenvalue weighted by Gasteiger charge is -2.42. The number of hydrogen-bond acceptors (Lipinski definition) is 8. The smallest absolute Gasteiger partial charge is 0.337 e. The van der Waals surface area contributed by atoms with Gasteiger partial charge in [0, 0.05) is 36.9 Å². The molecular formula is C32H31N7O2. The van der Waals surface area contributed by atoms with Crippen LogP contribution in [-0.2, 0) is 0 Å². The standard InChI is InChI=1S/C32H31N7O2/c1-19-9-10-23(16-33)29(15-19)38-11-12-39(21(3)18-38)31-28(17-34)36-27-14-20(2)13-25(30(27)37-31)22(4)35-26-8-6-5-7-24(26)32(40)41/h5-10,13-15,21-22,35H,11-12,18H2,1-4H3,(H,40,41)/t21?,22-/m1/s1. The molecule has 3 aromatic carbocycles. The van der Waals surface area contributed by atoms with E-state index < -0.39 is 5.97 Å². The van der Waals surface area contributed by atoms with Gasteiger partial charge in [0.2, 0.25) is 0 Å². The summed E-state index contributed by atoms with van der Waals surface area (Å²) in [6.45, 7) is 9.96. The predicted molar refractivity (Wildman–Crippen MR) is 159 cm³/mol. The normalized spacial score (nSPS) is 15.7. The summed E-state index contributed by atoms with van der Waals surface area (Å²) in [7, 11) is 0. The highest BCUT2D eigenvalue weighted by Crippen LogP contribution is 2.32. The van der Waals surface area contributed by atoms with Gasteiger partial charge in [-0.05, 0) is 69.2 Å². The second-order valence-corrected chi connectivity index (χ2v) is 10.6. The fourth-order valence-corrected chi connectivity index (χ4v) is 5.52. The first-order valence-electron chi connectivity index (χ1n) is 13.5. The third kappa shape index (κ3) is 5.35. The molecule has 41 heavy (non-hydrogen) atoms. The molecule has 1 aliphatic heterocycles. The second-order valence-electron chi connectivity index (χ2n) is 10.6. The van der Waals surface area contributed by atoms with E-state index in [1.165, 1.54) is 0 Å². The van der Waals surface area contributed by atoms with Gasteiger partial charge in [0.25, 0.3) is 0 Å². The average molecular weight is 546 g/mol. The Morgan fingerprint density at radius 3 is 2.54 bits per heavy atom. The molecule has 4 aromatic rings. The summed E-state index contributed by atoms with van der Waals surface area (Å²) in [6.07, 6.45) is 0. The summed E-state index contributed by atoms with van der Waals surface area (Å²) in [5.74, 6) is -0.476. The molecule has 1 aliphatic rings. The van der Waals surface area contributed by atoms with Gasteiger partial charge < -0.3 is 20.2 Å². The molecule has 1 fully saturated rings. The lowest BCUT2D eigenvalue weighted by atomic mass is 10.0. The van der Waals surface area contributed by atoms with Gasteiger partial charge in [-0.1, -0.05) is 24.3 Å². The highest BCUT2D eigenvalue weighted by atomic mass is 16.4. The number of anilines is 3. The summed E-state index contributed by atoms with van der Waals surface area (Å²) in [5, 5.41) is 32.7. The zero-order chi connectivity index (χ0) is 29.3. The molecule has 5 rings (SSSR count). The Labute approximate surface area is 239 Å². The highest BCUT2D eigenvalue weighted by molar-refractivity contribution is 5.94. The Balaban J connectivity index is 1.51. The first-order chi connectivity index (χ1) is 19.7. The topological polar surface area (TPSA) is 129 Å². The molecule has 9 nitrogen and oxygen atoms in total. The van der Waals surface area contributed by atoms with Gasteiger partial charge in [-0.25, -0.2) is 14.8 Å². The van der Waals surface area contributed by atoms with Gasteiger partial charge in [-0.2, -0.15) is 10.5 Å². The first-order valence-corrected chi connectivity index (χ1v) is 13.5. The van der Waals surface area contributed by atoms with Crippen LogP contribution in [0.15, 0.2) is 54.6 Å². The molecule has 1 saturated heterocycles. The number of carboxylic acids is 1. The largest absolute Gasteiger partial charge is 0.478 e. The molecule has 0 aliphatic carbocycles. The van der Waals surface area contributed by atoms with Crippen LogP contribution >= 0.6 is 0 Å². The van der Waals surface area contributed by atoms with Gasteiger partial charge >= 0.3 is 5.97 Å². The van der Waals surface area contributed by atoms with Crippen LogP contribution in [0.25, 0.3) is 11.0 Å². The lowest BCUT2D eigenvalue weighted by molar-refractivity contribution is 0.0698. The van der Waals surface area contributed by atoms with Gasteiger partial charge in [0.15, 0.2) is 11.5 Å². The van der Waals surface area contributed by atoms with Crippen LogP contribution in [0.5, 0.6) is 0 Å². The van der Waals surface area contributed by atoms with Crippen LogP contribution < -0.4 is 15.1 Å². The maximum atomic E-state index is 11.8. The summed E-state index contributed by atoms with van der Waals surface area (Å²) in [4.78, 5) is 25.9. The molecule has 0 amide bonds. The van der Waals surface area contributed by atoms with Crippen molar-refractivity contribution in [1.82, 2.24) is 9.97 Å². The van der Waals surface area contributed by atoms with Crippen molar-refractivity contribution >= 4 is 34.2 Å². The lowest BCUT2D eigenvalue weighted by Crippen LogP contribution is -2.53. The molecule has 2 heterocycles. The fraction of sp³-hybridized carbons (Fsp3) is 0.281. The maximum Gasteiger partial charge on any atom is 0.337 e. The third-order valence-electron chi connectivity index (χ3n) is 7.54. The van der Waals surface area contributed by atoms with E-state index in [2.05, 4.69) is 34.2 Å². The number of aromatic carboxylic acids is 1. The molecular weight excluding hydrogens is 514 g/mol. The molecule has 0 saturated carbocycles. The number of rotatable bonds is 6. The van der Waals surface area contributed by atoms with Crippen molar-refractivity contribution in [3.63, 3.8) is 0 Å². The molecule has 9 heteroatoms. The fourth-order valence-electron chi connectivity index (χ4n) is 5.52. The number of carboxylic acid groups (broad SMARTS) is 1. The number of nitrogens with one attached hydrogen (secondary N) is 1. The van der Waals surface area contributed by atoms with Crippen molar-refractivity contribution in [3.05, 3.63) is 88.1 Å². The highest BCUT2D eigenvalue weighted by Gasteiger charge is 2.29. The number of piperazine rings is 1. The summed E-state index contributed by atoms with van der Waals surface area (Å²) >= 11 is 0. The van der Waals surface area contributed by atoms with Crippen LogP contribution in [0, 0.1) is 36.5 Å². The van der Waals surface area contributed by atoms with E-state index in [0.29, 0.717) is 47.7 Å². The van der Waals surface area contributed by atoms with E-state index in [1.807, 2.05) is 51.1 Å². The summed E-state index contributed by atoms with van der Waals surface area (Å²) in [6, 6.07) is 20.9. The summed E-state index contributed by atoms with van der Waals surface area (Å²) < 4.78 is 0. The van der Waals surface area contributed by atoms with Crippen molar-refractivity contribution in [2.75, 3.05) is 34.8 Å². The van der Waals surface area contributed by atoms with E-state index in [9.17, 15) is 20.4 Å². The molecule has 2 N–H and O–H groups in total. The third-order valence-corrected chi connectivity index (χ3v) is 7.54. The number of para-hydroxylation sites is 1. The molecule has 2 atom stereocenters. The minimum atomic E-state index is -1.00. The van der Waals surface area contributed by atoms with Crippen molar-refractivity contribution in [3.8, 4) is 12.1 Å². The Bertz CT molecular complexity index is 1740. The van der Waals surface area contributed by atoms with Crippen LogP contribution in [-0.4, -0.2) is 46.7 Å². The van der Waals surface area contributed by atoms with Gasteiger partial charge in [-0.15, -0.1) is 0 Å². The minimum Gasteiger partial charge on any atom is -0.478 e. The number of nitriles is 2. The number of aryl methyl sites for hydroxylation is 2. The number of benzene rings is 3. The number of fused-ring (bicyclic) bond motifs is 1. The Hall–Kier alpha value is -5.15. The van der Waals surface area contributed by atoms with Crippen LogP contribution in [0.1, 0.15) is 58.2 Å². The molecule has 1 unspecified atom stereocenters. The van der Waals surface area contributed by atoms with Gasteiger partial charge in [-0.3, -0.25) is 0 Å². The van der Waals surface area contributed by atoms with Crippen LogP contribution in [0.4, 0.5) is 17.2 Å². The number of nitrogens with zero attached hydrogens (tertiary/aromatic N) is 6. The maximum absolute atomic E-state index is 11.8. The van der Waals surface area contributed by atoms with Gasteiger partial charge in [0.1, 0.15) is 12.1 Å². The number of aromatic nitrogens is 2. The summed E-state index contributed by atoms with van der Waals surface area (Å²) in [5.41, 5.74) is 6.74. The Kier molecular flexibility index (Phi) is 7.45. The van der Waals surface area contributed by atoms with Crippen molar-refractivity contribution in [2.45, 2.75) is 39.8 Å². The monoisotopic (exact) mass is 545 g/mol. The number of hydrogen-bond donors (Lipinski definition) is 2.